The topological polar surface area (TPSA) is 66.5 Å². The molecule has 3 aromatic carbocycles. The van der Waals surface area contributed by atoms with Gasteiger partial charge in [-0.05, 0) is 53.4 Å². The lowest BCUT2D eigenvalue weighted by molar-refractivity contribution is 0.0924. The van der Waals surface area contributed by atoms with E-state index in [-0.39, 0.29) is 16.3 Å². The summed E-state index contributed by atoms with van der Waals surface area (Å²) in [4.78, 5) is 39.0. The first-order valence-corrected chi connectivity index (χ1v) is 10.2. The zero-order valence-electron chi connectivity index (χ0n) is 17.4. The number of halogens is 1. The van der Waals surface area contributed by atoms with Crippen LogP contribution in [0.3, 0.4) is 0 Å². The molecule has 31 heavy (non-hydrogen) atoms. The molecule has 1 aliphatic heterocycles. The second kappa shape index (κ2) is 7.67. The average Bonchev–Trinajstić information content (AvgIpc) is 2.99. The van der Waals surface area contributed by atoms with Gasteiger partial charge < -0.3 is 5.32 Å². The number of amides is 3. The SMILES string of the molecule is CC(C)(C)c1ccc(C(=O)Nc2ccc(N3C(=O)c4ccccc4C3=O)cc2Cl)cc1. The molecule has 0 fully saturated rings. The highest BCUT2D eigenvalue weighted by atomic mass is 35.5. The van der Waals surface area contributed by atoms with E-state index in [9.17, 15) is 14.4 Å². The van der Waals surface area contributed by atoms with Crippen molar-refractivity contribution in [1.82, 2.24) is 0 Å². The fourth-order valence-electron chi connectivity index (χ4n) is 3.48. The van der Waals surface area contributed by atoms with Gasteiger partial charge in [-0.15, -0.1) is 0 Å². The molecule has 5 nitrogen and oxygen atoms in total. The third-order valence-corrected chi connectivity index (χ3v) is 5.58. The Balaban J connectivity index is 1.54. The van der Waals surface area contributed by atoms with Crippen LogP contribution in [0, 0.1) is 0 Å². The Hall–Kier alpha value is -3.44. The van der Waals surface area contributed by atoms with Gasteiger partial charge in [0.15, 0.2) is 0 Å². The van der Waals surface area contributed by atoms with E-state index >= 15 is 0 Å². The van der Waals surface area contributed by atoms with Crippen LogP contribution >= 0.6 is 11.6 Å². The van der Waals surface area contributed by atoms with Crippen molar-refractivity contribution in [1.29, 1.82) is 0 Å². The van der Waals surface area contributed by atoms with Crippen LogP contribution in [0.25, 0.3) is 0 Å². The molecule has 3 aromatic rings. The van der Waals surface area contributed by atoms with Crippen LogP contribution in [-0.2, 0) is 5.41 Å². The van der Waals surface area contributed by atoms with Gasteiger partial charge in [-0.1, -0.05) is 56.6 Å². The molecule has 0 aromatic heterocycles. The first-order chi connectivity index (χ1) is 14.7. The normalized spacial score (nSPS) is 13.4. The number of anilines is 2. The van der Waals surface area contributed by atoms with Gasteiger partial charge in [0.2, 0.25) is 0 Å². The Morgan fingerprint density at radius 1 is 0.871 bits per heavy atom. The summed E-state index contributed by atoms with van der Waals surface area (Å²) in [5, 5.41) is 3.01. The second-order valence-corrected chi connectivity index (χ2v) is 8.84. The summed E-state index contributed by atoms with van der Waals surface area (Å²) in [7, 11) is 0. The van der Waals surface area contributed by atoms with Crippen molar-refractivity contribution in [2.45, 2.75) is 26.2 Å². The molecule has 1 heterocycles. The minimum absolute atomic E-state index is 0.00174. The summed E-state index contributed by atoms with van der Waals surface area (Å²) >= 11 is 6.37. The highest BCUT2D eigenvalue weighted by molar-refractivity contribution is 6.37. The van der Waals surface area contributed by atoms with Crippen LogP contribution in [0.4, 0.5) is 11.4 Å². The largest absolute Gasteiger partial charge is 0.321 e. The Labute approximate surface area is 185 Å². The van der Waals surface area contributed by atoms with Crippen molar-refractivity contribution < 1.29 is 14.4 Å². The fraction of sp³-hybridized carbons (Fsp3) is 0.160. The molecule has 0 saturated heterocycles. The van der Waals surface area contributed by atoms with E-state index in [0.717, 1.165) is 10.5 Å². The van der Waals surface area contributed by atoms with Crippen LogP contribution < -0.4 is 10.2 Å². The Bertz CT molecular complexity index is 1180. The van der Waals surface area contributed by atoms with Crippen LogP contribution in [0.2, 0.25) is 5.02 Å². The molecule has 0 unspecified atom stereocenters. The lowest BCUT2D eigenvalue weighted by Crippen LogP contribution is -2.29. The summed E-state index contributed by atoms with van der Waals surface area (Å²) in [5.74, 6) is -1.09. The molecule has 0 atom stereocenters. The van der Waals surface area contributed by atoms with Gasteiger partial charge >= 0.3 is 0 Å². The average molecular weight is 433 g/mol. The minimum atomic E-state index is -0.396. The van der Waals surface area contributed by atoms with Crippen molar-refractivity contribution in [3.8, 4) is 0 Å². The molecule has 6 heteroatoms. The number of fused-ring (bicyclic) bond motifs is 1. The standard InChI is InChI=1S/C25H21ClN2O3/c1-25(2,3)16-10-8-15(9-11-16)22(29)27-21-13-12-17(14-20(21)26)28-23(30)18-6-4-5-7-19(18)24(28)31/h4-14H,1-3H3,(H,27,29). The molecule has 1 aliphatic rings. The van der Waals surface area contributed by atoms with E-state index < -0.39 is 11.8 Å². The first-order valence-electron chi connectivity index (χ1n) is 9.86. The van der Waals surface area contributed by atoms with E-state index in [1.54, 1.807) is 48.5 Å². The summed E-state index contributed by atoms with van der Waals surface area (Å²) in [5.41, 5.74) is 3.11. The van der Waals surface area contributed by atoms with E-state index in [0.29, 0.717) is 28.1 Å². The second-order valence-electron chi connectivity index (χ2n) is 8.44. The third-order valence-electron chi connectivity index (χ3n) is 5.27. The smallest absolute Gasteiger partial charge is 0.266 e. The van der Waals surface area contributed by atoms with Crippen molar-refractivity contribution in [2.24, 2.45) is 0 Å². The number of hydrogen-bond acceptors (Lipinski definition) is 3. The van der Waals surface area contributed by atoms with Crippen molar-refractivity contribution >= 4 is 40.7 Å². The van der Waals surface area contributed by atoms with Gasteiger partial charge in [0.05, 0.1) is 27.5 Å². The number of rotatable bonds is 3. The molecule has 156 valence electrons. The number of nitrogens with one attached hydrogen (secondary N) is 1. The number of hydrogen-bond donors (Lipinski definition) is 1. The molecular formula is C25H21ClN2O3. The van der Waals surface area contributed by atoms with Gasteiger partial charge in [0, 0.05) is 5.56 Å². The number of carbonyl (C=O) groups is 3. The predicted octanol–water partition coefficient (Wildman–Crippen LogP) is 5.69. The maximum absolute atomic E-state index is 12.7. The summed E-state index contributed by atoms with van der Waals surface area (Å²) in [6.07, 6.45) is 0. The number of imide groups is 1. The molecule has 0 bridgehead atoms. The van der Waals surface area contributed by atoms with Gasteiger partial charge in [-0.3, -0.25) is 14.4 Å². The van der Waals surface area contributed by atoms with Crippen molar-refractivity contribution in [3.63, 3.8) is 0 Å². The van der Waals surface area contributed by atoms with Crippen LogP contribution in [0.5, 0.6) is 0 Å². The highest BCUT2D eigenvalue weighted by Crippen LogP contribution is 2.33. The third kappa shape index (κ3) is 3.84. The predicted molar refractivity (Wildman–Crippen MR) is 122 cm³/mol. The lowest BCUT2D eigenvalue weighted by atomic mass is 9.87. The summed E-state index contributed by atoms with van der Waals surface area (Å²) < 4.78 is 0. The summed E-state index contributed by atoms with van der Waals surface area (Å²) in [6, 6.07) is 18.8. The maximum Gasteiger partial charge on any atom is 0.266 e. The molecule has 1 N–H and O–H groups in total. The lowest BCUT2D eigenvalue weighted by Gasteiger charge is -2.19. The van der Waals surface area contributed by atoms with E-state index in [1.807, 2.05) is 12.1 Å². The Morgan fingerprint density at radius 3 is 1.97 bits per heavy atom. The molecule has 0 aliphatic carbocycles. The molecule has 4 rings (SSSR count). The molecule has 0 radical (unpaired) electrons. The first kappa shape index (κ1) is 20.8. The zero-order chi connectivity index (χ0) is 22.3. The van der Waals surface area contributed by atoms with Crippen LogP contribution in [-0.4, -0.2) is 17.7 Å². The van der Waals surface area contributed by atoms with Gasteiger partial charge in [-0.2, -0.15) is 0 Å². The minimum Gasteiger partial charge on any atom is -0.321 e. The molecular weight excluding hydrogens is 412 g/mol. The number of benzene rings is 3. The van der Waals surface area contributed by atoms with Crippen LogP contribution in [0.1, 0.15) is 57.4 Å². The number of nitrogens with zero attached hydrogens (tertiary/aromatic N) is 1. The number of carbonyl (C=O) groups excluding carboxylic acids is 3. The van der Waals surface area contributed by atoms with E-state index in [2.05, 4.69) is 26.1 Å². The van der Waals surface area contributed by atoms with Gasteiger partial charge in [-0.25, -0.2) is 4.90 Å². The van der Waals surface area contributed by atoms with Crippen LogP contribution in [0.15, 0.2) is 66.7 Å². The summed E-state index contributed by atoms with van der Waals surface area (Å²) in [6.45, 7) is 6.33. The van der Waals surface area contributed by atoms with Crippen molar-refractivity contribution in [2.75, 3.05) is 10.2 Å². The Morgan fingerprint density at radius 2 is 1.45 bits per heavy atom. The highest BCUT2D eigenvalue weighted by Gasteiger charge is 2.36. The Kier molecular flexibility index (Phi) is 5.15. The van der Waals surface area contributed by atoms with Gasteiger partial charge in [0.25, 0.3) is 17.7 Å². The van der Waals surface area contributed by atoms with Crippen molar-refractivity contribution in [3.05, 3.63) is 94.0 Å². The molecule has 0 spiro atoms. The maximum atomic E-state index is 12.7. The fourth-order valence-corrected chi connectivity index (χ4v) is 3.71. The van der Waals surface area contributed by atoms with Gasteiger partial charge in [0.1, 0.15) is 0 Å². The molecule has 0 saturated carbocycles. The monoisotopic (exact) mass is 432 g/mol. The quantitative estimate of drug-likeness (QED) is 0.540. The zero-order valence-corrected chi connectivity index (χ0v) is 18.2. The van der Waals surface area contributed by atoms with E-state index in [1.165, 1.54) is 6.07 Å². The molecule has 3 amide bonds. The van der Waals surface area contributed by atoms with E-state index in [4.69, 9.17) is 11.6 Å².